The fraction of sp³-hybridized carbons (Fsp3) is 0.562. The van der Waals surface area contributed by atoms with Gasteiger partial charge in [-0.1, -0.05) is 0 Å². The molecule has 2 saturated heterocycles. The second-order valence-electron chi connectivity index (χ2n) is 6.42. The Balaban J connectivity index is 1.72. The average molecular weight is 372 g/mol. The van der Waals surface area contributed by atoms with Gasteiger partial charge in [0.1, 0.15) is 5.69 Å². The second-order valence-corrected chi connectivity index (χ2v) is 6.42. The van der Waals surface area contributed by atoms with E-state index in [2.05, 4.69) is 5.32 Å². The number of benzene rings is 1. The van der Waals surface area contributed by atoms with Crippen LogP contribution in [0.25, 0.3) is 0 Å². The van der Waals surface area contributed by atoms with Crippen molar-refractivity contribution in [3.8, 4) is 0 Å². The Kier molecular flexibility index (Phi) is 5.03. The van der Waals surface area contributed by atoms with Gasteiger partial charge in [-0.05, 0) is 31.5 Å². The molecule has 1 aromatic rings. The van der Waals surface area contributed by atoms with Crippen LogP contribution in [0.4, 0.5) is 24.5 Å². The van der Waals surface area contributed by atoms with Crippen LogP contribution in [-0.2, 0) is 11.0 Å². The van der Waals surface area contributed by atoms with Crippen LogP contribution in [0.3, 0.4) is 0 Å². The fourth-order valence-corrected chi connectivity index (χ4v) is 3.40. The minimum Gasteiger partial charge on any atom is -0.362 e. The van der Waals surface area contributed by atoms with E-state index in [0.29, 0.717) is 32.2 Å². The van der Waals surface area contributed by atoms with E-state index < -0.39 is 22.4 Å². The number of alkyl halides is 3. The number of hydrogen-bond donors (Lipinski definition) is 1. The third-order valence-electron chi connectivity index (χ3n) is 4.79. The molecule has 0 radical (unpaired) electrons. The van der Waals surface area contributed by atoms with Gasteiger partial charge in [-0.25, -0.2) is 0 Å². The monoisotopic (exact) mass is 372 g/mol. The standard InChI is InChI=1S/C16H19F3N4O3/c17-16(18,19)11-3-4-13(14(10-11)23(25)26)21-6-8-22(9-7-21)15(24)12-2-1-5-20-12/h3-4,10,12,20H,1-2,5-9H2. The van der Waals surface area contributed by atoms with Gasteiger partial charge >= 0.3 is 6.18 Å². The van der Waals surface area contributed by atoms with E-state index in [9.17, 15) is 28.1 Å². The number of hydrogen-bond acceptors (Lipinski definition) is 5. The van der Waals surface area contributed by atoms with Gasteiger partial charge in [-0.15, -0.1) is 0 Å². The Labute approximate surface area is 147 Å². The molecule has 1 N–H and O–H groups in total. The first kappa shape index (κ1) is 18.4. The molecule has 26 heavy (non-hydrogen) atoms. The number of carbonyl (C=O) groups is 1. The van der Waals surface area contributed by atoms with Crippen molar-refractivity contribution in [2.24, 2.45) is 0 Å². The number of nitrogens with one attached hydrogen (secondary N) is 1. The Morgan fingerprint density at radius 3 is 2.46 bits per heavy atom. The van der Waals surface area contributed by atoms with Crippen LogP contribution in [0.5, 0.6) is 0 Å². The summed E-state index contributed by atoms with van der Waals surface area (Å²) in [4.78, 5) is 26.2. The molecule has 2 aliphatic rings. The zero-order chi connectivity index (χ0) is 18.9. The number of nitro groups is 1. The highest BCUT2D eigenvalue weighted by Crippen LogP contribution is 2.36. The second kappa shape index (κ2) is 7.10. The van der Waals surface area contributed by atoms with Gasteiger partial charge in [-0.3, -0.25) is 14.9 Å². The van der Waals surface area contributed by atoms with Crippen molar-refractivity contribution in [1.82, 2.24) is 10.2 Å². The van der Waals surface area contributed by atoms with E-state index in [0.717, 1.165) is 31.5 Å². The molecule has 2 fully saturated rings. The van der Waals surface area contributed by atoms with Gasteiger partial charge in [0.25, 0.3) is 5.69 Å². The van der Waals surface area contributed by atoms with Crippen LogP contribution in [0, 0.1) is 10.1 Å². The highest BCUT2D eigenvalue weighted by molar-refractivity contribution is 5.82. The lowest BCUT2D eigenvalue weighted by atomic mass is 10.1. The predicted molar refractivity (Wildman–Crippen MR) is 87.9 cm³/mol. The quantitative estimate of drug-likeness (QED) is 0.649. The molecule has 2 aliphatic heterocycles. The van der Waals surface area contributed by atoms with Gasteiger partial charge in [-0.2, -0.15) is 13.2 Å². The van der Waals surface area contributed by atoms with Gasteiger partial charge in [0.05, 0.1) is 16.5 Å². The molecule has 1 atom stereocenters. The Morgan fingerprint density at radius 1 is 1.23 bits per heavy atom. The van der Waals surface area contributed by atoms with Gasteiger partial charge in [0.2, 0.25) is 5.91 Å². The topological polar surface area (TPSA) is 78.7 Å². The SMILES string of the molecule is O=C(C1CCCN1)N1CCN(c2ccc(C(F)(F)F)cc2[N+](=O)[O-])CC1. The molecule has 1 aromatic carbocycles. The molecule has 10 heteroatoms. The van der Waals surface area contributed by atoms with Crippen molar-refractivity contribution in [3.63, 3.8) is 0 Å². The molecule has 142 valence electrons. The summed E-state index contributed by atoms with van der Waals surface area (Å²) in [6.07, 6.45) is -2.89. The van der Waals surface area contributed by atoms with Crippen molar-refractivity contribution in [2.45, 2.75) is 25.1 Å². The van der Waals surface area contributed by atoms with E-state index in [-0.39, 0.29) is 17.6 Å². The summed E-state index contributed by atoms with van der Waals surface area (Å²) in [5.74, 6) is 0.0177. The fourth-order valence-electron chi connectivity index (χ4n) is 3.40. The maximum Gasteiger partial charge on any atom is 0.416 e. The van der Waals surface area contributed by atoms with Crippen LogP contribution in [-0.4, -0.2) is 54.5 Å². The molecular weight excluding hydrogens is 353 g/mol. The minimum atomic E-state index is -4.64. The van der Waals surface area contributed by atoms with E-state index in [1.54, 1.807) is 9.80 Å². The summed E-state index contributed by atoms with van der Waals surface area (Å²) < 4.78 is 38.4. The molecule has 0 aliphatic carbocycles. The number of piperazine rings is 1. The largest absolute Gasteiger partial charge is 0.416 e. The van der Waals surface area contributed by atoms with Crippen molar-refractivity contribution >= 4 is 17.3 Å². The number of halogens is 3. The number of amides is 1. The molecule has 0 aromatic heterocycles. The lowest BCUT2D eigenvalue weighted by molar-refractivity contribution is -0.384. The number of nitro benzene ring substituents is 1. The molecule has 1 amide bonds. The maximum absolute atomic E-state index is 12.8. The predicted octanol–water partition coefficient (Wildman–Crippen LogP) is 2.01. The van der Waals surface area contributed by atoms with Crippen molar-refractivity contribution in [2.75, 3.05) is 37.6 Å². The molecule has 0 spiro atoms. The summed E-state index contributed by atoms with van der Waals surface area (Å²) in [6.45, 7) is 2.26. The Morgan fingerprint density at radius 2 is 1.92 bits per heavy atom. The zero-order valence-electron chi connectivity index (χ0n) is 14.0. The molecule has 1 unspecified atom stereocenters. The van der Waals surface area contributed by atoms with E-state index in [1.165, 1.54) is 0 Å². The van der Waals surface area contributed by atoms with E-state index in [1.807, 2.05) is 0 Å². The smallest absolute Gasteiger partial charge is 0.362 e. The third-order valence-corrected chi connectivity index (χ3v) is 4.79. The summed E-state index contributed by atoms with van der Waals surface area (Å²) in [7, 11) is 0. The molecule has 0 bridgehead atoms. The van der Waals surface area contributed by atoms with Crippen molar-refractivity contribution in [1.29, 1.82) is 0 Å². The zero-order valence-corrected chi connectivity index (χ0v) is 14.0. The first-order valence-electron chi connectivity index (χ1n) is 8.40. The molecule has 2 heterocycles. The summed E-state index contributed by atoms with van der Waals surface area (Å²) in [5.41, 5.74) is -1.47. The lowest BCUT2D eigenvalue weighted by Crippen LogP contribution is -2.53. The van der Waals surface area contributed by atoms with Crippen LogP contribution in [0.15, 0.2) is 18.2 Å². The Hall–Kier alpha value is -2.36. The number of nitrogens with zero attached hydrogens (tertiary/aromatic N) is 3. The van der Waals surface area contributed by atoms with Crippen LogP contribution in [0.1, 0.15) is 18.4 Å². The molecule has 0 saturated carbocycles. The van der Waals surface area contributed by atoms with Crippen LogP contribution < -0.4 is 10.2 Å². The summed E-state index contributed by atoms with van der Waals surface area (Å²) >= 11 is 0. The van der Waals surface area contributed by atoms with Gasteiger partial charge < -0.3 is 15.1 Å². The lowest BCUT2D eigenvalue weighted by Gasteiger charge is -2.37. The van der Waals surface area contributed by atoms with Crippen LogP contribution in [0.2, 0.25) is 0 Å². The van der Waals surface area contributed by atoms with Crippen molar-refractivity contribution < 1.29 is 22.9 Å². The molecule has 3 rings (SSSR count). The Bertz CT molecular complexity index is 696. The van der Waals surface area contributed by atoms with Gasteiger partial charge in [0.15, 0.2) is 0 Å². The highest BCUT2D eigenvalue weighted by atomic mass is 19.4. The summed E-state index contributed by atoms with van der Waals surface area (Å²) in [6, 6.07) is 2.37. The first-order chi connectivity index (χ1) is 12.3. The number of carbonyl (C=O) groups excluding carboxylic acids is 1. The van der Waals surface area contributed by atoms with Gasteiger partial charge in [0, 0.05) is 32.2 Å². The van der Waals surface area contributed by atoms with Crippen molar-refractivity contribution in [3.05, 3.63) is 33.9 Å². The van der Waals surface area contributed by atoms with E-state index in [4.69, 9.17) is 0 Å². The maximum atomic E-state index is 12.8. The number of rotatable bonds is 3. The third kappa shape index (κ3) is 3.74. The van der Waals surface area contributed by atoms with E-state index >= 15 is 0 Å². The first-order valence-corrected chi connectivity index (χ1v) is 8.40. The average Bonchev–Trinajstić information content (AvgIpc) is 3.14. The minimum absolute atomic E-state index is 0.0177. The normalized spacial score (nSPS) is 21.1. The van der Waals surface area contributed by atoms with Crippen LogP contribution >= 0.6 is 0 Å². The molecular formula is C16H19F3N4O3. The molecule has 7 nitrogen and oxygen atoms in total. The number of anilines is 1. The summed E-state index contributed by atoms with van der Waals surface area (Å²) in [5, 5.41) is 14.4. The highest BCUT2D eigenvalue weighted by Gasteiger charge is 2.35.